The van der Waals surface area contributed by atoms with Gasteiger partial charge in [0.05, 0.1) is 11.8 Å². The number of hydrogen-bond donors (Lipinski definition) is 1. The molecule has 0 unspecified atom stereocenters. The number of benzene rings is 1. The van der Waals surface area contributed by atoms with Crippen molar-refractivity contribution in [1.29, 1.82) is 0 Å². The SMILES string of the molecule is Cc1ccc(C(=O)NN2C(=O)[C@H]3[C@@H]4C=C[C@H]([C@@H]5C[C@H]45)[C@@H]3C2=O)cc1. The third-order valence-electron chi connectivity index (χ3n) is 6.19. The van der Waals surface area contributed by atoms with E-state index in [0.29, 0.717) is 17.4 Å². The molecule has 1 saturated heterocycles. The van der Waals surface area contributed by atoms with Crippen molar-refractivity contribution in [3.63, 3.8) is 0 Å². The number of nitrogens with one attached hydrogen (secondary N) is 1. The van der Waals surface area contributed by atoms with Crippen LogP contribution in [0.5, 0.6) is 0 Å². The lowest BCUT2D eigenvalue weighted by atomic mass is 9.63. The van der Waals surface area contributed by atoms with E-state index in [-0.39, 0.29) is 35.5 Å². The number of hydrazine groups is 1. The van der Waals surface area contributed by atoms with Gasteiger partial charge in [-0.05, 0) is 49.1 Å². The largest absolute Gasteiger partial charge is 0.272 e. The maximum Gasteiger partial charge on any atom is 0.270 e. The van der Waals surface area contributed by atoms with Crippen molar-refractivity contribution in [2.24, 2.45) is 35.5 Å². The molecule has 6 atom stereocenters. The maximum atomic E-state index is 12.8. The highest BCUT2D eigenvalue weighted by atomic mass is 16.2. The zero-order valence-corrected chi connectivity index (χ0v) is 13.3. The van der Waals surface area contributed by atoms with E-state index in [9.17, 15) is 14.4 Å². The second kappa shape index (κ2) is 4.56. The molecule has 5 aliphatic rings. The fourth-order valence-corrected chi connectivity index (χ4v) is 4.94. The Hall–Kier alpha value is -2.43. The first-order chi connectivity index (χ1) is 11.6. The summed E-state index contributed by atoms with van der Waals surface area (Å²) in [7, 11) is 0. The second-order valence-corrected chi connectivity index (χ2v) is 7.47. The van der Waals surface area contributed by atoms with E-state index in [2.05, 4.69) is 17.6 Å². The predicted molar refractivity (Wildman–Crippen MR) is 85.2 cm³/mol. The summed E-state index contributed by atoms with van der Waals surface area (Å²) < 4.78 is 0. The zero-order valence-electron chi connectivity index (χ0n) is 13.3. The van der Waals surface area contributed by atoms with E-state index in [1.54, 1.807) is 12.1 Å². The molecule has 0 spiro atoms. The quantitative estimate of drug-likeness (QED) is 0.666. The maximum absolute atomic E-state index is 12.8. The fourth-order valence-electron chi connectivity index (χ4n) is 4.94. The lowest BCUT2D eigenvalue weighted by Crippen LogP contribution is -2.46. The molecule has 0 radical (unpaired) electrons. The summed E-state index contributed by atoms with van der Waals surface area (Å²) in [4.78, 5) is 38.0. The van der Waals surface area contributed by atoms with Crippen LogP contribution in [0, 0.1) is 42.4 Å². The summed E-state index contributed by atoms with van der Waals surface area (Å²) in [6.07, 6.45) is 5.37. The molecule has 6 rings (SSSR count). The minimum atomic E-state index is -0.416. The van der Waals surface area contributed by atoms with Gasteiger partial charge in [0.15, 0.2) is 0 Å². The Morgan fingerprint density at radius 1 is 1.00 bits per heavy atom. The van der Waals surface area contributed by atoms with Gasteiger partial charge in [-0.2, -0.15) is 5.01 Å². The van der Waals surface area contributed by atoms with Gasteiger partial charge in [0.2, 0.25) is 0 Å². The van der Waals surface area contributed by atoms with Gasteiger partial charge in [0.1, 0.15) is 0 Å². The van der Waals surface area contributed by atoms with Crippen molar-refractivity contribution in [1.82, 2.24) is 10.4 Å². The van der Waals surface area contributed by atoms with Crippen LogP contribution in [0.15, 0.2) is 36.4 Å². The normalized spacial score (nSPS) is 38.1. The molecule has 1 heterocycles. The van der Waals surface area contributed by atoms with E-state index in [1.165, 1.54) is 0 Å². The van der Waals surface area contributed by atoms with Crippen LogP contribution in [-0.2, 0) is 9.59 Å². The van der Waals surface area contributed by atoms with Crippen LogP contribution < -0.4 is 5.43 Å². The highest BCUT2D eigenvalue weighted by Crippen LogP contribution is 2.65. The number of aryl methyl sites for hydroxylation is 1. The van der Waals surface area contributed by atoms with Gasteiger partial charge in [-0.3, -0.25) is 19.8 Å². The number of imide groups is 1. The van der Waals surface area contributed by atoms with Crippen LogP contribution >= 0.6 is 0 Å². The lowest BCUT2D eigenvalue weighted by Gasteiger charge is -2.37. The van der Waals surface area contributed by atoms with Gasteiger partial charge in [0, 0.05) is 5.56 Å². The smallest absolute Gasteiger partial charge is 0.270 e. The van der Waals surface area contributed by atoms with Crippen molar-refractivity contribution in [3.05, 3.63) is 47.5 Å². The molecule has 4 aliphatic carbocycles. The fraction of sp³-hybridized carbons (Fsp3) is 0.421. The number of hydrogen-bond acceptors (Lipinski definition) is 3. The Bertz CT molecular complexity index is 761. The Labute approximate surface area is 139 Å². The van der Waals surface area contributed by atoms with Crippen LogP contribution in [-0.4, -0.2) is 22.7 Å². The Morgan fingerprint density at radius 2 is 1.54 bits per heavy atom. The van der Waals surface area contributed by atoms with Crippen LogP contribution in [0.2, 0.25) is 0 Å². The first-order valence-electron chi connectivity index (χ1n) is 8.50. The minimum Gasteiger partial charge on any atom is -0.272 e. The van der Waals surface area contributed by atoms with Crippen LogP contribution in [0.4, 0.5) is 0 Å². The van der Waals surface area contributed by atoms with Gasteiger partial charge in [0.25, 0.3) is 17.7 Å². The summed E-state index contributed by atoms with van der Waals surface area (Å²) in [6, 6.07) is 7.06. The molecule has 122 valence electrons. The monoisotopic (exact) mass is 322 g/mol. The Kier molecular flexibility index (Phi) is 2.65. The number of carbonyl (C=O) groups is 3. The van der Waals surface area contributed by atoms with E-state index >= 15 is 0 Å². The van der Waals surface area contributed by atoms with E-state index in [1.807, 2.05) is 19.1 Å². The van der Waals surface area contributed by atoms with Crippen LogP contribution in [0.3, 0.4) is 0 Å². The average Bonchev–Trinajstić information content (AvgIpc) is 3.36. The molecular formula is C19H18N2O3. The number of carbonyl (C=O) groups excluding carboxylic acids is 3. The second-order valence-electron chi connectivity index (χ2n) is 7.47. The number of nitrogens with zero attached hydrogens (tertiary/aromatic N) is 1. The molecule has 0 aromatic heterocycles. The lowest BCUT2D eigenvalue weighted by molar-refractivity contribution is -0.143. The standard InChI is InChI=1S/C19H18N2O3/c1-9-2-4-10(5-3-9)17(22)20-21-18(23)15-11-6-7-12(14-8-13(11)14)16(15)19(21)24/h2-7,11-16H,8H2,1H3,(H,20,22)/t11-,12-,13-,14+,15+,16+/m1/s1. The molecular weight excluding hydrogens is 304 g/mol. The third kappa shape index (κ3) is 1.72. The van der Waals surface area contributed by atoms with Gasteiger partial charge in [-0.1, -0.05) is 29.8 Å². The first kappa shape index (κ1) is 14.0. The van der Waals surface area contributed by atoms with Gasteiger partial charge in [-0.15, -0.1) is 0 Å². The van der Waals surface area contributed by atoms with Crippen molar-refractivity contribution in [2.75, 3.05) is 0 Å². The van der Waals surface area contributed by atoms with Crippen molar-refractivity contribution < 1.29 is 14.4 Å². The molecule has 3 fully saturated rings. The third-order valence-corrected chi connectivity index (χ3v) is 6.19. The van der Waals surface area contributed by atoms with Gasteiger partial charge in [-0.25, -0.2) is 0 Å². The van der Waals surface area contributed by atoms with Crippen LogP contribution in [0.25, 0.3) is 0 Å². The van der Waals surface area contributed by atoms with Gasteiger partial charge >= 0.3 is 0 Å². The van der Waals surface area contributed by atoms with E-state index in [4.69, 9.17) is 0 Å². The van der Waals surface area contributed by atoms with E-state index in [0.717, 1.165) is 17.0 Å². The Morgan fingerprint density at radius 3 is 2.08 bits per heavy atom. The molecule has 2 bridgehead atoms. The average molecular weight is 322 g/mol. The molecule has 3 amide bonds. The summed E-state index contributed by atoms with van der Waals surface area (Å²) >= 11 is 0. The molecule has 2 saturated carbocycles. The Balaban J connectivity index is 1.40. The molecule has 1 N–H and O–H groups in total. The molecule has 24 heavy (non-hydrogen) atoms. The highest BCUT2D eigenvalue weighted by Gasteiger charge is 2.67. The summed E-state index contributed by atoms with van der Waals surface area (Å²) in [5, 5.41) is 0.981. The molecule has 5 heteroatoms. The summed E-state index contributed by atoms with van der Waals surface area (Å²) in [6.45, 7) is 1.94. The highest BCUT2D eigenvalue weighted by molar-refractivity contribution is 6.08. The number of amides is 3. The topological polar surface area (TPSA) is 66.5 Å². The summed E-state index contributed by atoms with van der Waals surface area (Å²) in [5.74, 6) is -0.00257. The van der Waals surface area contributed by atoms with Crippen molar-refractivity contribution >= 4 is 17.7 Å². The molecule has 1 aliphatic heterocycles. The zero-order chi connectivity index (χ0) is 16.6. The molecule has 1 aromatic rings. The van der Waals surface area contributed by atoms with Crippen molar-refractivity contribution in [2.45, 2.75) is 13.3 Å². The summed E-state index contributed by atoms with van der Waals surface area (Å²) in [5.41, 5.74) is 4.03. The van der Waals surface area contributed by atoms with Gasteiger partial charge < -0.3 is 0 Å². The molecule has 5 nitrogen and oxygen atoms in total. The first-order valence-corrected chi connectivity index (χ1v) is 8.50. The van der Waals surface area contributed by atoms with E-state index < -0.39 is 5.91 Å². The number of allylic oxidation sites excluding steroid dienone is 2. The van der Waals surface area contributed by atoms with Crippen molar-refractivity contribution in [3.8, 4) is 0 Å². The predicted octanol–water partition coefficient (Wildman–Crippen LogP) is 1.69. The molecule has 1 aromatic carbocycles. The van der Waals surface area contributed by atoms with Crippen LogP contribution in [0.1, 0.15) is 22.3 Å². The number of rotatable bonds is 2. The minimum absolute atomic E-state index is 0.169.